The van der Waals surface area contributed by atoms with Crippen molar-refractivity contribution in [3.05, 3.63) is 24.8 Å². The van der Waals surface area contributed by atoms with E-state index in [0.29, 0.717) is 13.2 Å². The van der Waals surface area contributed by atoms with Crippen LogP contribution in [0.3, 0.4) is 0 Å². The summed E-state index contributed by atoms with van der Waals surface area (Å²) in [6, 6.07) is 0. The van der Waals surface area contributed by atoms with Crippen molar-refractivity contribution < 1.29 is 19.4 Å². The molecule has 16 heavy (non-hydrogen) atoms. The fourth-order valence-electron chi connectivity index (χ4n) is 0.880. The first-order valence-electron chi connectivity index (χ1n) is 4.86. The van der Waals surface area contributed by atoms with Gasteiger partial charge in [0.2, 0.25) is 0 Å². The molecule has 2 N–H and O–H groups in total. The third-order valence-corrected chi connectivity index (χ3v) is 1.81. The van der Waals surface area contributed by atoms with E-state index in [4.69, 9.17) is 9.84 Å². The molecule has 0 aromatic carbocycles. The molecular formula is C11H17NO4. The van der Waals surface area contributed by atoms with Crippen molar-refractivity contribution in [3.63, 3.8) is 0 Å². The SMILES string of the molecule is C=C(C)C(=O)O.C=CC(=O)C1CNCCO1. The van der Waals surface area contributed by atoms with Crippen LogP contribution >= 0.6 is 0 Å². The van der Waals surface area contributed by atoms with Crippen LogP contribution in [0.1, 0.15) is 6.92 Å². The van der Waals surface area contributed by atoms with Gasteiger partial charge in [-0.15, -0.1) is 0 Å². The van der Waals surface area contributed by atoms with E-state index in [9.17, 15) is 9.59 Å². The number of hydrogen-bond acceptors (Lipinski definition) is 4. The van der Waals surface area contributed by atoms with Gasteiger partial charge in [-0.05, 0) is 13.0 Å². The summed E-state index contributed by atoms with van der Waals surface area (Å²) < 4.78 is 5.15. The minimum atomic E-state index is -0.935. The summed E-state index contributed by atoms with van der Waals surface area (Å²) in [6.45, 7) is 10.0. The highest BCUT2D eigenvalue weighted by Crippen LogP contribution is 1.97. The van der Waals surface area contributed by atoms with Crippen LogP contribution in [0.2, 0.25) is 0 Å². The first-order chi connectivity index (χ1) is 7.49. The Morgan fingerprint density at radius 1 is 1.56 bits per heavy atom. The maximum absolute atomic E-state index is 10.9. The molecule has 1 unspecified atom stereocenters. The Hall–Kier alpha value is -1.46. The van der Waals surface area contributed by atoms with Crippen LogP contribution in [0.4, 0.5) is 0 Å². The first kappa shape index (κ1) is 14.5. The minimum absolute atomic E-state index is 0.0350. The van der Waals surface area contributed by atoms with Gasteiger partial charge in [0.25, 0.3) is 0 Å². The Kier molecular flexibility index (Phi) is 7.07. The van der Waals surface area contributed by atoms with Crippen molar-refractivity contribution in [2.45, 2.75) is 13.0 Å². The first-order valence-corrected chi connectivity index (χ1v) is 4.86. The monoisotopic (exact) mass is 227 g/mol. The highest BCUT2D eigenvalue weighted by molar-refractivity contribution is 5.93. The molecule has 1 saturated heterocycles. The second kappa shape index (κ2) is 7.78. The van der Waals surface area contributed by atoms with Crippen LogP contribution in [0.15, 0.2) is 24.8 Å². The van der Waals surface area contributed by atoms with Gasteiger partial charge in [-0.25, -0.2) is 4.79 Å². The summed E-state index contributed by atoms with van der Waals surface area (Å²) in [5, 5.41) is 10.9. The molecule has 0 aromatic rings. The second-order valence-electron chi connectivity index (χ2n) is 3.26. The average Bonchev–Trinajstić information content (AvgIpc) is 2.30. The van der Waals surface area contributed by atoms with Crippen LogP contribution in [0.25, 0.3) is 0 Å². The second-order valence-corrected chi connectivity index (χ2v) is 3.26. The number of carboxylic acid groups (broad SMARTS) is 1. The van der Waals surface area contributed by atoms with Gasteiger partial charge in [0.1, 0.15) is 6.10 Å². The molecule has 5 heteroatoms. The van der Waals surface area contributed by atoms with Crippen LogP contribution < -0.4 is 5.32 Å². The number of carbonyl (C=O) groups excluding carboxylic acids is 1. The van der Waals surface area contributed by atoms with Crippen molar-refractivity contribution in [1.29, 1.82) is 0 Å². The lowest BCUT2D eigenvalue weighted by Crippen LogP contribution is -2.42. The smallest absolute Gasteiger partial charge is 0.330 e. The number of nitrogens with one attached hydrogen (secondary N) is 1. The topological polar surface area (TPSA) is 75.6 Å². The van der Waals surface area contributed by atoms with Crippen molar-refractivity contribution in [3.8, 4) is 0 Å². The highest BCUT2D eigenvalue weighted by Gasteiger charge is 2.18. The maximum atomic E-state index is 10.9. The number of ether oxygens (including phenoxy) is 1. The lowest BCUT2D eigenvalue weighted by Gasteiger charge is -2.20. The minimum Gasteiger partial charge on any atom is -0.478 e. The zero-order valence-electron chi connectivity index (χ0n) is 9.36. The molecule has 0 aromatic heterocycles. The molecule has 1 heterocycles. The number of carboxylic acids is 1. The van der Waals surface area contributed by atoms with E-state index in [1.54, 1.807) is 0 Å². The van der Waals surface area contributed by atoms with Crippen molar-refractivity contribution in [1.82, 2.24) is 5.32 Å². The molecule has 1 fully saturated rings. The number of morpholine rings is 1. The van der Waals surface area contributed by atoms with E-state index in [1.165, 1.54) is 13.0 Å². The molecule has 0 aliphatic carbocycles. The Bertz CT molecular complexity index is 268. The summed E-state index contributed by atoms with van der Waals surface area (Å²) >= 11 is 0. The predicted molar refractivity (Wildman–Crippen MR) is 60.3 cm³/mol. The number of rotatable bonds is 3. The summed E-state index contributed by atoms with van der Waals surface area (Å²) in [5.74, 6) is -0.970. The molecule has 90 valence electrons. The largest absolute Gasteiger partial charge is 0.478 e. The summed E-state index contributed by atoms with van der Waals surface area (Å²) in [4.78, 5) is 20.5. The molecular weight excluding hydrogens is 210 g/mol. The van der Waals surface area contributed by atoms with Gasteiger partial charge in [0.15, 0.2) is 5.78 Å². The molecule has 1 rings (SSSR count). The van der Waals surface area contributed by atoms with Gasteiger partial charge in [-0.3, -0.25) is 4.79 Å². The van der Waals surface area contributed by atoms with E-state index in [0.717, 1.165) is 6.54 Å². The van der Waals surface area contributed by atoms with Gasteiger partial charge < -0.3 is 15.2 Å². The van der Waals surface area contributed by atoms with Gasteiger partial charge >= 0.3 is 5.97 Å². The average molecular weight is 227 g/mol. The number of ketones is 1. The van der Waals surface area contributed by atoms with Gasteiger partial charge in [-0.1, -0.05) is 13.2 Å². The van der Waals surface area contributed by atoms with Crippen molar-refractivity contribution >= 4 is 11.8 Å². The van der Waals surface area contributed by atoms with E-state index in [2.05, 4.69) is 18.5 Å². The van der Waals surface area contributed by atoms with Crippen LogP contribution in [-0.2, 0) is 14.3 Å². The molecule has 0 bridgehead atoms. The molecule has 0 radical (unpaired) electrons. The third kappa shape index (κ3) is 6.10. The Morgan fingerprint density at radius 3 is 2.44 bits per heavy atom. The Morgan fingerprint density at radius 2 is 2.12 bits per heavy atom. The van der Waals surface area contributed by atoms with Gasteiger partial charge in [-0.2, -0.15) is 0 Å². The van der Waals surface area contributed by atoms with Crippen LogP contribution in [0.5, 0.6) is 0 Å². The van der Waals surface area contributed by atoms with Crippen molar-refractivity contribution in [2.75, 3.05) is 19.7 Å². The summed E-state index contributed by atoms with van der Waals surface area (Å²) in [7, 11) is 0. The standard InChI is InChI=1S/C7H11NO2.C4H6O2/c1-2-6(9)7-5-8-3-4-10-7;1-3(2)4(5)6/h2,7-8H,1,3-5H2;1H2,2H3,(H,5,6). The predicted octanol–water partition coefficient (Wildman–Crippen LogP) is 0.377. The molecule has 1 aliphatic heterocycles. The van der Waals surface area contributed by atoms with E-state index >= 15 is 0 Å². The third-order valence-electron chi connectivity index (χ3n) is 1.81. The van der Waals surface area contributed by atoms with E-state index in [-0.39, 0.29) is 17.5 Å². The Labute approximate surface area is 94.8 Å². The molecule has 1 atom stereocenters. The number of carbonyl (C=O) groups is 2. The molecule has 0 spiro atoms. The number of hydrogen-bond donors (Lipinski definition) is 2. The number of aliphatic carboxylic acids is 1. The van der Waals surface area contributed by atoms with E-state index in [1.807, 2.05) is 0 Å². The lowest BCUT2D eigenvalue weighted by molar-refractivity contribution is -0.132. The van der Waals surface area contributed by atoms with Crippen molar-refractivity contribution in [2.24, 2.45) is 0 Å². The summed E-state index contributed by atoms with van der Waals surface area (Å²) in [5.41, 5.74) is 0.176. The normalized spacial score (nSPS) is 18.9. The quantitative estimate of drug-likeness (QED) is 0.682. The van der Waals surface area contributed by atoms with Crippen LogP contribution in [0, 0.1) is 0 Å². The molecule has 0 saturated carbocycles. The van der Waals surface area contributed by atoms with Crippen LogP contribution in [-0.4, -0.2) is 42.7 Å². The summed E-state index contributed by atoms with van der Waals surface area (Å²) in [6.07, 6.45) is 1.00. The van der Waals surface area contributed by atoms with Gasteiger partial charge in [0, 0.05) is 18.7 Å². The fraction of sp³-hybridized carbons (Fsp3) is 0.455. The molecule has 5 nitrogen and oxygen atoms in total. The van der Waals surface area contributed by atoms with Gasteiger partial charge in [0.05, 0.1) is 6.61 Å². The maximum Gasteiger partial charge on any atom is 0.330 e. The highest BCUT2D eigenvalue weighted by atomic mass is 16.5. The Balaban J connectivity index is 0.000000325. The van der Waals surface area contributed by atoms with E-state index < -0.39 is 5.97 Å². The fourth-order valence-corrected chi connectivity index (χ4v) is 0.880. The molecule has 1 aliphatic rings. The zero-order valence-corrected chi connectivity index (χ0v) is 9.36. The molecule has 0 amide bonds. The zero-order chi connectivity index (χ0) is 12.6. The lowest BCUT2D eigenvalue weighted by atomic mass is 10.2.